The minimum absolute atomic E-state index is 0.566. The van der Waals surface area contributed by atoms with Gasteiger partial charge in [-0.1, -0.05) is 12.1 Å². The molecule has 5 heteroatoms. The van der Waals surface area contributed by atoms with E-state index in [0.29, 0.717) is 18.5 Å². The Morgan fingerprint density at radius 1 is 1.28 bits per heavy atom. The van der Waals surface area contributed by atoms with Crippen LogP contribution in [0.2, 0.25) is 0 Å². The van der Waals surface area contributed by atoms with Crippen molar-refractivity contribution in [2.75, 3.05) is 0 Å². The highest BCUT2D eigenvalue weighted by molar-refractivity contribution is 5.77. The third kappa shape index (κ3) is 1.55. The van der Waals surface area contributed by atoms with Gasteiger partial charge in [0.15, 0.2) is 6.10 Å². The number of carboxylic acid groups (broad SMARTS) is 1. The van der Waals surface area contributed by atoms with Gasteiger partial charge < -0.3 is 10.2 Å². The molecule has 3 rings (SSSR count). The summed E-state index contributed by atoms with van der Waals surface area (Å²) < 4.78 is 0. The van der Waals surface area contributed by atoms with E-state index in [4.69, 9.17) is 5.11 Å². The van der Waals surface area contributed by atoms with Gasteiger partial charge in [-0.3, -0.25) is 4.98 Å². The lowest BCUT2D eigenvalue weighted by molar-refractivity contribution is -0.148. The predicted octanol–water partition coefficient (Wildman–Crippen LogP) is 1.11. The van der Waals surface area contributed by atoms with Crippen molar-refractivity contribution in [2.45, 2.75) is 24.4 Å². The van der Waals surface area contributed by atoms with E-state index in [2.05, 4.69) is 9.97 Å². The second-order valence-corrected chi connectivity index (χ2v) is 4.64. The van der Waals surface area contributed by atoms with Crippen LogP contribution in [0.15, 0.2) is 30.5 Å². The molecule has 18 heavy (non-hydrogen) atoms. The van der Waals surface area contributed by atoms with Gasteiger partial charge in [0, 0.05) is 6.20 Å². The molecule has 0 aliphatic heterocycles. The first-order chi connectivity index (χ1) is 8.63. The third-order valence-corrected chi connectivity index (χ3v) is 3.50. The molecular formula is C13H12N2O3. The van der Waals surface area contributed by atoms with E-state index in [-0.39, 0.29) is 0 Å². The molecule has 1 fully saturated rings. The predicted molar refractivity (Wildman–Crippen MR) is 64.1 cm³/mol. The first kappa shape index (κ1) is 11.1. The Balaban J connectivity index is 2.07. The summed E-state index contributed by atoms with van der Waals surface area (Å²) in [6.07, 6.45) is 1.43. The summed E-state index contributed by atoms with van der Waals surface area (Å²) in [6.45, 7) is 0. The Hall–Kier alpha value is -2.01. The molecule has 1 unspecified atom stereocenters. The van der Waals surface area contributed by atoms with Crippen molar-refractivity contribution in [2.24, 2.45) is 0 Å². The van der Waals surface area contributed by atoms with Crippen LogP contribution in [0.1, 0.15) is 18.5 Å². The van der Waals surface area contributed by atoms with Crippen molar-refractivity contribution < 1.29 is 15.0 Å². The van der Waals surface area contributed by atoms with Crippen LogP contribution in [0, 0.1) is 0 Å². The molecule has 0 radical (unpaired) electrons. The molecule has 1 aliphatic rings. The Morgan fingerprint density at radius 2 is 1.94 bits per heavy atom. The van der Waals surface area contributed by atoms with E-state index in [0.717, 1.165) is 11.0 Å². The van der Waals surface area contributed by atoms with Crippen molar-refractivity contribution in [1.29, 1.82) is 0 Å². The van der Waals surface area contributed by atoms with Crippen molar-refractivity contribution in [3.8, 4) is 0 Å². The molecule has 1 saturated carbocycles. The molecule has 0 saturated heterocycles. The van der Waals surface area contributed by atoms with Crippen LogP contribution in [0.3, 0.4) is 0 Å². The van der Waals surface area contributed by atoms with Crippen LogP contribution < -0.4 is 0 Å². The Morgan fingerprint density at radius 3 is 2.56 bits per heavy atom. The van der Waals surface area contributed by atoms with Gasteiger partial charge in [0.05, 0.1) is 22.1 Å². The number of aliphatic hydroxyl groups is 1. The SMILES string of the molecule is O=C(O)C(O)C1(c2cnc3ccccc3n2)CC1. The zero-order valence-corrected chi connectivity index (χ0v) is 9.58. The van der Waals surface area contributed by atoms with Gasteiger partial charge in [0.2, 0.25) is 0 Å². The summed E-state index contributed by atoms with van der Waals surface area (Å²) in [6, 6.07) is 7.40. The fraction of sp³-hybridized carbons (Fsp3) is 0.308. The quantitative estimate of drug-likeness (QED) is 0.844. The fourth-order valence-corrected chi connectivity index (χ4v) is 2.24. The zero-order valence-electron chi connectivity index (χ0n) is 9.58. The second kappa shape index (κ2) is 3.74. The topological polar surface area (TPSA) is 83.3 Å². The Bertz CT molecular complexity index is 622. The highest BCUT2D eigenvalue weighted by Crippen LogP contribution is 2.50. The highest BCUT2D eigenvalue weighted by Gasteiger charge is 2.55. The largest absolute Gasteiger partial charge is 0.479 e. The van der Waals surface area contributed by atoms with Crippen LogP contribution in [0.25, 0.3) is 11.0 Å². The van der Waals surface area contributed by atoms with Gasteiger partial charge in [-0.05, 0) is 25.0 Å². The molecule has 0 spiro atoms. The van der Waals surface area contributed by atoms with Crippen molar-refractivity contribution in [1.82, 2.24) is 9.97 Å². The molecule has 92 valence electrons. The summed E-state index contributed by atoms with van der Waals surface area (Å²) in [5, 5.41) is 18.7. The van der Waals surface area contributed by atoms with Gasteiger partial charge in [0.1, 0.15) is 0 Å². The number of aliphatic carboxylic acids is 1. The minimum Gasteiger partial charge on any atom is -0.479 e. The number of aromatic nitrogens is 2. The number of carboxylic acids is 1. The summed E-state index contributed by atoms with van der Waals surface area (Å²) in [4.78, 5) is 19.6. The number of carbonyl (C=O) groups is 1. The monoisotopic (exact) mass is 244 g/mol. The van der Waals surface area contributed by atoms with Gasteiger partial charge in [-0.15, -0.1) is 0 Å². The van der Waals surface area contributed by atoms with Gasteiger partial charge in [0.25, 0.3) is 0 Å². The van der Waals surface area contributed by atoms with Crippen molar-refractivity contribution in [3.05, 3.63) is 36.2 Å². The highest BCUT2D eigenvalue weighted by atomic mass is 16.4. The molecule has 1 aromatic heterocycles. The van der Waals surface area contributed by atoms with Crippen LogP contribution in [-0.4, -0.2) is 32.3 Å². The number of para-hydroxylation sites is 2. The van der Waals surface area contributed by atoms with Gasteiger partial charge >= 0.3 is 5.97 Å². The molecule has 1 heterocycles. The average molecular weight is 244 g/mol. The van der Waals surface area contributed by atoms with Crippen LogP contribution in [0.5, 0.6) is 0 Å². The van der Waals surface area contributed by atoms with Crippen molar-refractivity contribution >= 4 is 17.0 Å². The third-order valence-electron chi connectivity index (χ3n) is 3.50. The average Bonchev–Trinajstić information content (AvgIpc) is 3.18. The molecule has 5 nitrogen and oxygen atoms in total. The van der Waals surface area contributed by atoms with Crippen LogP contribution >= 0.6 is 0 Å². The molecular weight excluding hydrogens is 232 g/mol. The van der Waals surface area contributed by atoms with E-state index >= 15 is 0 Å². The molecule has 0 amide bonds. The fourth-order valence-electron chi connectivity index (χ4n) is 2.24. The van der Waals surface area contributed by atoms with E-state index in [9.17, 15) is 9.90 Å². The van der Waals surface area contributed by atoms with Gasteiger partial charge in [-0.2, -0.15) is 0 Å². The first-order valence-electron chi connectivity index (χ1n) is 5.77. The van der Waals surface area contributed by atoms with E-state index in [1.54, 1.807) is 6.20 Å². The summed E-state index contributed by atoms with van der Waals surface area (Å²) >= 11 is 0. The first-order valence-corrected chi connectivity index (χ1v) is 5.77. The normalized spacial score (nSPS) is 18.5. The van der Waals surface area contributed by atoms with Crippen LogP contribution in [0.4, 0.5) is 0 Å². The smallest absolute Gasteiger partial charge is 0.333 e. The molecule has 0 bridgehead atoms. The summed E-state index contributed by atoms with van der Waals surface area (Å²) in [5.41, 5.74) is 1.31. The molecule has 2 N–H and O–H groups in total. The lowest BCUT2D eigenvalue weighted by atomic mass is 9.95. The van der Waals surface area contributed by atoms with E-state index in [1.807, 2.05) is 24.3 Å². The van der Waals surface area contributed by atoms with Crippen molar-refractivity contribution in [3.63, 3.8) is 0 Å². The van der Waals surface area contributed by atoms with Crippen LogP contribution in [-0.2, 0) is 10.2 Å². The number of hydrogen-bond donors (Lipinski definition) is 2. The summed E-state index contributed by atoms with van der Waals surface area (Å²) in [5.74, 6) is -1.21. The minimum atomic E-state index is -1.41. The zero-order chi connectivity index (χ0) is 12.8. The standard InChI is InChI=1S/C13H12N2O3/c16-11(12(17)18)13(5-6-13)10-7-14-8-3-1-2-4-9(8)15-10/h1-4,7,11,16H,5-6H2,(H,17,18). The number of nitrogens with zero attached hydrogens (tertiary/aromatic N) is 2. The molecule has 1 aromatic carbocycles. The maximum absolute atomic E-state index is 10.9. The maximum Gasteiger partial charge on any atom is 0.333 e. The molecule has 1 aliphatic carbocycles. The number of hydrogen-bond acceptors (Lipinski definition) is 4. The number of rotatable bonds is 3. The van der Waals surface area contributed by atoms with E-state index in [1.165, 1.54) is 0 Å². The van der Waals surface area contributed by atoms with Gasteiger partial charge in [-0.25, -0.2) is 9.78 Å². The molecule has 1 atom stereocenters. The lowest BCUT2D eigenvalue weighted by Gasteiger charge is -2.17. The number of aliphatic hydroxyl groups excluding tert-OH is 1. The number of fused-ring (bicyclic) bond motifs is 1. The Labute approximate surface area is 103 Å². The second-order valence-electron chi connectivity index (χ2n) is 4.64. The molecule has 2 aromatic rings. The van der Waals surface area contributed by atoms with E-state index < -0.39 is 17.5 Å². The number of benzene rings is 1. The maximum atomic E-state index is 10.9. The summed E-state index contributed by atoms with van der Waals surface area (Å²) in [7, 11) is 0. The lowest BCUT2D eigenvalue weighted by Crippen LogP contribution is -2.34. The Kier molecular flexibility index (Phi) is 2.31.